The Labute approximate surface area is 173 Å². The highest BCUT2D eigenvalue weighted by molar-refractivity contribution is 7.98. The second-order valence-electron chi connectivity index (χ2n) is 7.78. The summed E-state index contributed by atoms with van der Waals surface area (Å²) in [6.07, 6.45) is 4.47. The number of amides is 3. The van der Waals surface area contributed by atoms with Crippen LogP contribution in [0.2, 0.25) is 5.02 Å². The molecule has 2 fully saturated rings. The maximum Gasteiger partial charge on any atom is 0.291 e. The van der Waals surface area contributed by atoms with Gasteiger partial charge in [0.15, 0.2) is 0 Å². The van der Waals surface area contributed by atoms with Gasteiger partial charge in [-0.15, -0.1) is 0 Å². The van der Waals surface area contributed by atoms with Gasteiger partial charge in [-0.3, -0.25) is 19.3 Å². The number of fused-ring (bicyclic) bond motifs is 4. The molecule has 6 nitrogen and oxygen atoms in total. The minimum absolute atomic E-state index is 0.101. The van der Waals surface area contributed by atoms with E-state index in [1.165, 1.54) is 4.90 Å². The van der Waals surface area contributed by atoms with Crippen LogP contribution in [0, 0.1) is 11.8 Å². The zero-order valence-corrected chi connectivity index (χ0v) is 17.6. The molecule has 0 radical (unpaired) electrons. The van der Waals surface area contributed by atoms with Crippen LogP contribution in [-0.4, -0.2) is 47.2 Å². The van der Waals surface area contributed by atoms with Crippen molar-refractivity contribution in [3.63, 3.8) is 0 Å². The predicted molar refractivity (Wildman–Crippen MR) is 109 cm³/mol. The number of hydrogen-bond acceptors (Lipinski definition) is 4. The Hall–Kier alpha value is -1.57. The molecular formula is C20H25ClN3O3S+. The molecule has 3 heterocycles. The van der Waals surface area contributed by atoms with Gasteiger partial charge in [0.1, 0.15) is 17.9 Å². The summed E-state index contributed by atoms with van der Waals surface area (Å²) in [4.78, 5) is 41.3. The van der Waals surface area contributed by atoms with Crippen molar-refractivity contribution in [2.45, 2.75) is 37.8 Å². The first-order chi connectivity index (χ1) is 13.5. The average molecular weight is 423 g/mol. The van der Waals surface area contributed by atoms with Gasteiger partial charge in [0, 0.05) is 18.5 Å². The molecule has 3 aliphatic heterocycles. The Balaban J connectivity index is 1.82. The average Bonchev–Trinajstić information content (AvgIpc) is 3.25. The number of rotatable bonds is 6. The van der Waals surface area contributed by atoms with Crippen molar-refractivity contribution in [3.05, 3.63) is 28.8 Å². The maximum absolute atomic E-state index is 13.4. The number of carbonyl (C=O) groups excluding carboxylic acids is 3. The molecule has 0 aromatic heterocycles. The fourth-order valence-electron chi connectivity index (χ4n) is 5.07. The molecule has 3 aliphatic rings. The summed E-state index contributed by atoms with van der Waals surface area (Å²) in [5.74, 6) is -0.840. The molecule has 0 saturated carbocycles. The quantitative estimate of drug-likeness (QED) is 0.682. The lowest BCUT2D eigenvalue weighted by molar-refractivity contribution is -0.733. The summed E-state index contributed by atoms with van der Waals surface area (Å²) in [7, 11) is 0. The predicted octanol–water partition coefficient (Wildman–Crippen LogP) is 1.59. The van der Waals surface area contributed by atoms with Crippen LogP contribution in [0.25, 0.3) is 0 Å². The van der Waals surface area contributed by atoms with E-state index < -0.39 is 17.4 Å². The van der Waals surface area contributed by atoms with E-state index in [1.54, 1.807) is 23.9 Å². The molecule has 0 unspecified atom stereocenters. The summed E-state index contributed by atoms with van der Waals surface area (Å²) in [5.41, 5.74) is 0.189. The minimum atomic E-state index is -1.11. The van der Waals surface area contributed by atoms with Crippen molar-refractivity contribution in [2.24, 2.45) is 11.8 Å². The number of nitrogens with two attached hydrogens (primary N) is 1. The lowest BCUT2D eigenvalue weighted by atomic mass is 9.76. The van der Waals surface area contributed by atoms with Crippen molar-refractivity contribution in [2.75, 3.05) is 23.9 Å². The molecule has 2 saturated heterocycles. The zero-order valence-electron chi connectivity index (χ0n) is 16.0. The van der Waals surface area contributed by atoms with Crippen LogP contribution in [0.3, 0.4) is 0 Å². The molecule has 28 heavy (non-hydrogen) atoms. The summed E-state index contributed by atoms with van der Waals surface area (Å²) in [5, 5.41) is 5.33. The maximum atomic E-state index is 13.4. The van der Waals surface area contributed by atoms with Crippen LogP contribution in [0.4, 0.5) is 5.69 Å². The lowest BCUT2D eigenvalue weighted by Gasteiger charge is -2.26. The van der Waals surface area contributed by atoms with Crippen LogP contribution in [0.5, 0.6) is 0 Å². The Kier molecular flexibility index (Phi) is 5.18. The molecule has 4 atom stereocenters. The SMILES string of the molecule is CCCCN1C(=O)[C@H]2[C@@H](C1=O)[C@@]1([NH2+][C@@H]2CCSC)C(=O)Nc2c(Cl)cccc21. The highest BCUT2D eigenvalue weighted by atomic mass is 35.5. The summed E-state index contributed by atoms with van der Waals surface area (Å²) in [6.45, 7) is 2.46. The molecule has 0 aliphatic carbocycles. The highest BCUT2D eigenvalue weighted by Crippen LogP contribution is 2.50. The van der Waals surface area contributed by atoms with E-state index in [-0.39, 0.29) is 23.8 Å². The van der Waals surface area contributed by atoms with Crippen LogP contribution >= 0.6 is 23.4 Å². The number of imide groups is 1. The fraction of sp³-hybridized carbons (Fsp3) is 0.550. The number of carbonyl (C=O) groups is 3. The first-order valence-corrected chi connectivity index (χ1v) is 11.5. The smallest absolute Gasteiger partial charge is 0.291 e. The van der Waals surface area contributed by atoms with Gasteiger partial charge in [0.05, 0.1) is 10.7 Å². The van der Waals surface area contributed by atoms with E-state index in [9.17, 15) is 14.4 Å². The third-order valence-corrected chi connectivity index (χ3v) is 7.29. The molecule has 0 bridgehead atoms. The Bertz CT molecular complexity index is 848. The lowest BCUT2D eigenvalue weighted by Crippen LogP contribution is -2.99. The number of unbranched alkanes of at least 4 members (excludes halogenated alkanes) is 1. The van der Waals surface area contributed by atoms with Gasteiger partial charge in [0.2, 0.25) is 17.4 Å². The Morgan fingerprint density at radius 2 is 2.07 bits per heavy atom. The second kappa shape index (κ2) is 7.35. The van der Waals surface area contributed by atoms with Crippen molar-refractivity contribution in [1.29, 1.82) is 0 Å². The summed E-state index contributed by atoms with van der Waals surface area (Å²) >= 11 is 8.04. The number of halogens is 1. The van der Waals surface area contributed by atoms with E-state index in [1.807, 2.05) is 24.6 Å². The van der Waals surface area contributed by atoms with Gasteiger partial charge < -0.3 is 10.6 Å². The van der Waals surface area contributed by atoms with E-state index in [2.05, 4.69) is 5.32 Å². The molecule has 1 aromatic carbocycles. The molecule has 3 N–H and O–H groups in total. The summed E-state index contributed by atoms with van der Waals surface area (Å²) in [6, 6.07) is 5.29. The standard InChI is InChI=1S/C20H24ClN3O3S/c1-3-4-9-24-17(25)14-13(8-10-28-2)23-20(15(14)18(24)26)11-6-5-7-12(21)16(11)22-19(20)27/h5-7,13-15,23H,3-4,8-10H2,1-2H3,(H,22,27)/p+1/t13-,14-,15+,20-/m1/s1. The number of nitrogens with zero attached hydrogens (tertiary/aromatic N) is 1. The molecule has 1 aromatic rings. The van der Waals surface area contributed by atoms with Crippen molar-refractivity contribution in [3.8, 4) is 0 Å². The number of thioether (sulfide) groups is 1. The molecule has 150 valence electrons. The zero-order chi connectivity index (χ0) is 20.1. The van der Waals surface area contributed by atoms with Gasteiger partial charge in [-0.05, 0) is 30.6 Å². The number of para-hydroxylation sites is 1. The first kappa shape index (κ1) is 19.7. The van der Waals surface area contributed by atoms with Crippen molar-refractivity contribution in [1.82, 2.24) is 4.90 Å². The monoisotopic (exact) mass is 422 g/mol. The van der Waals surface area contributed by atoms with Crippen molar-refractivity contribution < 1.29 is 19.7 Å². The van der Waals surface area contributed by atoms with Gasteiger partial charge in [-0.25, -0.2) is 0 Å². The third kappa shape index (κ3) is 2.63. The highest BCUT2D eigenvalue weighted by Gasteiger charge is 2.74. The number of benzene rings is 1. The van der Waals surface area contributed by atoms with E-state index in [0.29, 0.717) is 17.3 Å². The molecular weight excluding hydrogens is 398 g/mol. The van der Waals surface area contributed by atoms with E-state index >= 15 is 0 Å². The summed E-state index contributed by atoms with van der Waals surface area (Å²) < 4.78 is 0. The number of quaternary nitrogens is 1. The Morgan fingerprint density at radius 3 is 2.79 bits per heavy atom. The van der Waals surface area contributed by atoms with E-state index in [0.717, 1.165) is 30.6 Å². The second-order valence-corrected chi connectivity index (χ2v) is 9.18. The minimum Gasteiger partial charge on any atom is -0.326 e. The van der Waals surface area contributed by atoms with Gasteiger partial charge in [0.25, 0.3) is 5.91 Å². The molecule has 3 amide bonds. The van der Waals surface area contributed by atoms with Crippen LogP contribution in [-0.2, 0) is 19.9 Å². The largest absolute Gasteiger partial charge is 0.326 e. The normalized spacial score (nSPS) is 30.9. The van der Waals surface area contributed by atoms with Gasteiger partial charge >= 0.3 is 0 Å². The van der Waals surface area contributed by atoms with Gasteiger partial charge in [-0.1, -0.05) is 31.0 Å². The van der Waals surface area contributed by atoms with Crippen LogP contribution in [0.15, 0.2) is 18.2 Å². The van der Waals surface area contributed by atoms with Gasteiger partial charge in [-0.2, -0.15) is 11.8 Å². The topological polar surface area (TPSA) is 83.1 Å². The first-order valence-electron chi connectivity index (χ1n) is 9.78. The molecule has 8 heteroatoms. The van der Waals surface area contributed by atoms with Crippen molar-refractivity contribution >= 4 is 46.8 Å². The Morgan fingerprint density at radius 1 is 1.29 bits per heavy atom. The van der Waals surface area contributed by atoms with E-state index in [4.69, 9.17) is 11.6 Å². The third-order valence-electron chi connectivity index (χ3n) is 6.34. The fourth-order valence-corrected chi connectivity index (χ4v) is 5.80. The number of anilines is 1. The molecule has 1 spiro atoms. The number of hydrogen-bond donors (Lipinski definition) is 2. The molecule has 4 rings (SSSR count). The van der Waals surface area contributed by atoms with Crippen LogP contribution in [0.1, 0.15) is 31.7 Å². The number of likely N-dealkylation sites (tertiary alicyclic amines) is 1. The number of nitrogens with one attached hydrogen (secondary N) is 1. The van der Waals surface area contributed by atoms with Crippen LogP contribution < -0.4 is 10.6 Å².